The molecule has 2 N–H and O–H groups in total. The molecule has 1 aliphatic rings. The molecule has 2 aromatic carbocycles. The van der Waals surface area contributed by atoms with Crippen LogP contribution >= 0.6 is 23.2 Å². The molecule has 0 heterocycles. The number of aliphatic hydroxyl groups is 1. The van der Waals surface area contributed by atoms with Crippen LogP contribution in [0, 0.1) is 6.92 Å². The highest BCUT2D eigenvalue weighted by Crippen LogP contribution is 2.40. The maximum atomic E-state index is 13.7. The number of hydrogen-bond donors (Lipinski definition) is 2. The zero-order valence-electron chi connectivity index (χ0n) is 16.4. The van der Waals surface area contributed by atoms with Gasteiger partial charge in [0.15, 0.2) is 0 Å². The van der Waals surface area contributed by atoms with Gasteiger partial charge in [-0.15, -0.1) is 0 Å². The fourth-order valence-corrected chi connectivity index (χ4v) is 3.97. The third-order valence-electron chi connectivity index (χ3n) is 5.02. The fraction of sp³-hybridized carbons (Fsp3) is 0.364. The summed E-state index contributed by atoms with van der Waals surface area (Å²) in [6.07, 6.45) is 0.228. The van der Waals surface area contributed by atoms with E-state index >= 15 is 0 Å². The summed E-state index contributed by atoms with van der Waals surface area (Å²) >= 11 is 12.0. The Morgan fingerprint density at radius 2 is 1.86 bits per heavy atom. The van der Waals surface area contributed by atoms with Crippen LogP contribution in [0.5, 0.6) is 0 Å². The van der Waals surface area contributed by atoms with Crippen molar-refractivity contribution in [2.45, 2.75) is 37.9 Å². The second-order valence-corrected chi connectivity index (χ2v) is 7.64. The molecular weight excluding hydrogens is 422 g/mol. The normalized spacial score (nSPS) is 17.1. The average molecular weight is 446 g/mol. The molecule has 1 aliphatic carbocycles. The first kappa shape index (κ1) is 23.7. The minimum absolute atomic E-state index is 0.0852. The van der Waals surface area contributed by atoms with Crippen molar-refractivity contribution in [3.63, 3.8) is 0 Å². The Bertz CT molecular complexity index is 858. The predicted molar refractivity (Wildman–Crippen MR) is 114 cm³/mol. The first-order valence-corrected chi connectivity index (χ1v) is 9.91. The second kappa shape index (κ2) is 9.98. The average Bonchev–Trinajstić information content (AvgIpc) is 3.09. The Balaban J connectivity index is 0.00000145. The van der Waals surface area contributed by atoms with E-state index in [0.717, 1.165) is 25.5 Å². The molecule has 0 bridgehead atoms. The SMILES string of the molecule is CNC1CCc2cc(/C=C/C(c3cc(C)c(Cl)c(Cl)c3)C(F)(F)F)ccc21.CO. The molecule has 2 nitrogen and oxygen atoms in total. The molecule has 2 aromatic rings. The molecule has 0 aromatic heterocycles. The molecule has 29 heavy (non-hydrogen) atoms. The summed E-state index contributed by atoms with van der Waals surface area (Å²) in [4.78, 5) is 0. The molecule has 0 saturated heterocycles. The van der Waals surface area contributed by atoms with Crippen LogP contribution in [-0.2, 0) is 6.42 Å². The lowest BCUT2D eigenvalue weighted by Crippen LogP contribution is -2.19. The number of fused-ring (bicyclic) bond motifs is 1. The third-order valence-corrected chi connectivity index (χ3v) is 5.92. The zero-order valence-corrected chi connectivity index (χ0v) is 18.0. The van der Waals surface area contributed by atoms with Crippen molar-refractivity contribution in [3.05, 3.63) is 74.3 Å². The van der Waals surface area contributed by atoms with Crippen molar-refractivity contribution in [2.24, 2.45) is 0 Å². The Kier molecular flexibility index (Phi) is 8.18. The molecule has 0 fully saturated rings. The van der Waals surface area contributed by atoms with Crippen LogP contribution in [0.4, 0.5) is 13.2 Å². The molecule has 0 aliphatic heterocycles. The zero-order chi connectivity index (χ0) is 21.8. The number of alkyl halides is 3. The number of hydrogen-bond acceptors (Lipinski definition) is 2. The number of rotatable bonds is 4. The van der Waals surface area contributed by atoms with Crippen LogP contribution in [0.2, 0.25) is 10.0 Å². The van der Waals surface area contributed by atoms with Crippen LogP contribution in [-0.4, -0.2) is 25.4 Å². The molecule has 158 valence electrons. The highest BCUT2D eigenvalue weighted by Gasteiger charge is 2.39. The molecular formula is C22H24Cl2F3NO. The van der Waals surface area contributed by atoms with Gasteiger partial charge in [-0.25, -0.2) is 0 Å². The van der Waals surface area contributed by atoms with Gasteiger partial charge in [0.1, 0.15) is 0 Å². The Hall–Kier alpha value is -1.53. The van der Waals surface area contributed by atoms with E-state index < -0.39 is 12.1 Å². The van der Waals surface area contributed by atoms with Gasteiger partial charge < -0.3 is 10.4 Å². The predicted octanol–water partition coefficient (Wildman–Crippen LogP) is 6.48. The maximum absolute atomic E-state index is 13.7. The minimum atomic E-state index is -4.42. The van der Waals surface area contributed by atoms with Gasteiger partial charge in [-0.1, -0.05) is 59.6 Å². The number of halogens is 5. The van der Waals surface area contributed by atoms with E-state index in [-0.39, 0.29) is 15.6 Å². The Labute approximate surface area is 179 Å². The quantitative estimate of drug-likeness (QED) is 0.564. The summed E-state index contributed by atoms with van der Waals surface area (Å²) in [6.45, 7) is 1.65. The highest BCUT2D eigenvalue weighted by atomic mass is 35.5. The van der Waals surface area contributed by atoms with Crippen molar-refractivity contribution in [2.75, 3.05) is 14.2 Å². The first-order valence-electron chi connectivity index (χ1n) is 9.16. The Morgan fingerprint density at radius 1 is 1.17 bits per heavy atom. The molecule has 0 amide bonds. The largest absolute Gasteiger partial charge is 0.400 e. The summed E-state index contributed by atoms with van der Waals surface area (Å²) in [6, 6.07) is 8.88. The van der Waals surface area contributed by atoms with E-state index in [1.165, 1.54) is 35.4 Å². The van der Waals surface area contributed by atoms with Crippen LogP contribution < -0.4 is 5.32 Å². The van der Waals surface area contributed by atoms with Gasteiger partial charge in [-0.3, -0.25) is 0 Å². The van der Waals surface area contributed by atoms with Gasteiger partial charge in [0.2, 0.25) is 0 Å². The van der Waals surface area contributed by atoms with E-state index in [1.54, 1.807) is 6.92 Å². The van der Waals surface area contributed by atoms with Crippen molar-refractivity contribution >= 4 is 29.3 Å². The highest BCUT2D eigenvalue weighted by molar-refractivity contribution is 6.42. The molecule has 0 spiro atoms. The van der Waals surface area contributed by atoms with Crippen molar-refractivity contribution in [3.8, 4) is 0 Å². The minimum Gasteiger partial charge on any atom is -0.400 e. The standard InChI is InChI=1S/C21H20Cl2F3N.CH4O/c1-12-9-15(11-18(22)20(12)23)17(21(24,25)26)7-4-13-3-6-16-14(10-13)5-8-19(16)27-2;1-2/h3-4,6-7,9-11,17,19,27H,5,8H2,1-2H3;2H,1H3/b7-4+;. The van der Waals surface area contributed by atoms with E-state index in [4.69, 9.17) is 28.3 Å². The molecule has 2 unspecified atom stereocenters. The van der Waals surface area contributed by atoms with Gasteiger partial charge in [0.25, 0.3) is 0 Å². The van der Waals surface area contributed by atoms with Crippen molar-refractivity contribution < 1.29 is 18.3 Å². The lowest BCUT2D eigenvalue weighted by atomic mass is 9.95. The van der Waals surface area contributed by atoms with Gasteiger partial charge in [0.05, 0.1) is 16.0 Å². The van der Waals surface area contributed by atoms with Crippen LogP contribution in [0.15, 0.2) is 36.4 Å². The van der Waals surface area contributed by atoms with Crippen LogP contribution in [0.3, 0.4) is 0 Å². The van der Waals surface area contributed by atoms with E-state index in [9.17, 15) is 13.2 Å². The van der Waals surface area contributed by atoms with Crippen molar-refractivity contribution in [1.82, 2.24) is 5.32 Å². The van der Waals surface area contributed by atoms with E-state index in [2.05, 4.69) is 5.32 Å². The number of nitrogens with one attached hydrogen (secondary N) is 1. The van der Waals surface area contributed by atoms with Gasteiger partial charge in [-0.2, -0.15) is 13.2 Å². The summed E-state index contributed by atoms with van der Waals surface area (Å²) in [5, 5.41) is 10.7. The third kappa shape index (κ3) is 5.54. The summed E-state index contributed by atoms with van der Waals surface area (Å²) in [7, 11) is 2.92. The van der Waals surface area contributed by atoms with Gasteiger partial charge in [-0.05, 0) is 60.7 Å². The molecule has 3 rings (SSSR count). The topological polar surface area (TPSA) is 32.3 Å². The molecule has 2 atom stereocenters. The maximum Gasteiger partial charge on any atom is 0.399 e. The molecule has 7 heteroatoms. The van der Waals surface area contributed by atoms with Crippen LogP contribution in [0.25, 0.3) is 6.08 Å². The summed E-state index contributed by atoms with van der Waals surface area (Å²) < 4.78 is 41.0. The molecule has 0 radical (unpaired) electrons. The fourth-order valence-electron chi connectivity index (χ4n) is 3.59. The smallest absolute Gasteiger partial charge is 0.399 e. The summed E-state index contributed by atoms with van der Waals surface area (Å²) in [5.41, 5.74) is 3.78. The summed E-state index contributed by atoms with van der Waals surface area (Å²) in [5.74, 6) is -1.75. The van der Waals surface area contributed by atoms with Crippen molar-refractivity contribution in [1.29, 1.82) is 0 Å². The van der Waals surface area contributed by atoms with Gasteiger partial charge >= 0.3 is 6.18 Å². The first-order chi connectivity index (χ1) is 13.7. The van der Waals surface area contributed by atoms with Crippen LogP contribution in [0.1, 0.15) is 46.2 Å². The monoisotopic (exact) mass is 445 g/mol. The number of allylic oxidation sites excluding steroid dienone is 1. The lowest BCUT2D eigenvalue weighted by molar-refractivity contribution is -0.139. The number of benzene rings is 2. The van der Waals surface area contributed by atoms with E-state index in [0.29, 0.717) is 11.6 Å². The lowest BCUT2D eigenvalue weighted by Gasteiger charge is -2.19. The Morgan fingerprint density at radius 3 is 2.45 bits per heavy atom. The van der Waals surface area contributed by atoms with E-state index in [1.807, 2.05) is 25.2 Å². The number of aliphatic hydroxyl groups excluding tert-OH is 1. The number of aryl methyl sites for hydroxylation is 2. The second-order valence-electron chi connectivity index (χ2n) is 6.85. The van der Waals surface area contributed by atoms with Gasteiger partial charge in [0, 0.05) is 13.2 Å². The molecule has 0 saturated carbocycles.